The second-order valence-corrected chi connectivity index (χ2v) is 8.36. The zero-order chi connectivity index (χ0) is 29.4. The lowest BCUT2D eigenvalue weighted by molar-refractivity contribution is -0.142. The molecule has 0 aliphatic carbocycles. The molecular formula is C20H39N11O7. The third-order valence-electron chi connectivity index (χ3n) is 5.00. The fraction of sp³-hybridized carbons (Fsp3) is 0.650. The van der Waals surface area contributed by atoms with Gasteiger partial charge in [-0.05, 0) is 32.6 Å². The van der Waals surface area contributed by atoms with Gasteiger partial charge in [0.05, 0.1) is 12.5 Å². The minimum atomic E-state index is -1.53. The lowest BCUT2D eigenvalue weighted by atomic mass is 10.1. The van der Waals surface area contributed by atoms with Gasteiger partial charge in [-0.3, -0.25) is 29.2 Å². The van der Waals surface area contributed by atoms with Crippen molar-refractivity contribution >= 4 is 41.5 Å². The summed E-state index contributed by atoms with van der Waals surface area (Å²) in [5, 5.41) is 25.9. The molecule has 0 aromatic rings. The normalized spacial score (nSPS) is 14.5. The minimum absolute atomic E-state index is 0.0237. The summed E-state index contributed by atoms with van der Waals surface area (Å²) in [7, 11) is 0. The molecule has 0 saturated carbocycles. The van der Waals surface area contributed by atoms with Gasteiger partial charge in [-0.1, -0.05) is 0 Å². The monoisotopic (exact) mass is 545 g/mol. The molecule has 5 atom stereocenters. The number of nitrogens with one attached hydrogen (secondary N) is 3. The highest BCUT2D eigenvalue weighted by molar-refractivity contribution is 5.96. The Labute approximate surface area is 219 Å². The molecule has 38 heavy (non-hydrogen) atoms. The van der Waals surface area contributed by atoms with Crippen LogP contribution in [-0.4, -0.2) is 95.1 Å². The van der Waals surface area contributed by atoms with Gasteiger partial charge in [-0.2, -0.15) is 0 Å². The fourth-order valence-corrected chi connectivity index (χ4v) is 2.98. The number of nitrogens with two attached hydrogens (primary N) is 6. The van der Waals surface area contributed by atoms with E-state index in [0.29, 0.717) is 0 Å². The summed E-state index contributed by atoms with van der Waals surface area (Å²) in [6, 6.07) is -5.59. The number of aliphatic hydroxyl groups excluding tert-OH is 1. The van der Waals surface area contributed by atoms with Crippen LogP contribution in [0.2, 0.25) is 0 Å². The maximum absolute atomic E-state index is 13.0. The summed E-state index contributed by atoms with van der Waals surface area (Å²) in [6.45, 7) is 1.47. The Hall–Kier alpha value is -4.19. The minimum Gasteiger partial charge on any atom is -0.480 e. The molecule has 0 aromatic carbocycles. The first-order chi connectivity index (χ1) is 17.6. The van der Waals surface area contributed by atoms with Crippen LogP contribution in [-0.2, 0) is 24.0 Å². The Bertz CT molecular complexity index is 887. The number of nitrogens with zero attached hydrogens (tertiary/aromatic N) is 2. The van der Waals surface area contributed by atoms with Gasteiger partial charge in [0, 0.05) is 13.1 Å². The number of aliphatic imine (C=N–C) groups is 2. The highest BCUT2D eigenvalue weighted by atomic mass is 16.4. The van der Waals surface area contributed by atoms with Crippen LogP contribution in [0, 0.1) is 0 Å². The molecule has 0 fully saturated rings. The number of rotatable bonds is 18. The van der Waals surface area contributed by atoms with Gasteiger partial charge in [0.25, 0.3) is 0 Å². The van der Waals surface area contributed by atoms with E-state index in [1.807, 2.05) is 0 Å². The van der Waals surface area contributed by atoms with Crippen molar-refractivity contribution in [2.24, 2.45) is 44.4 Å². The topological polar surface area (TPSA) is 343 Å². The molecule has 0 aliphatic heterocycles. The summed E-state index contributed by atoms with van der Waals surface area (Å²) >= 11 is 0. The van der Waals surface area contributed by atoms with E-state index in [9.17, 15) is 34.2 Å². The average Bonchev–Trinajstić information content (AvgIpc) is 2.80. The number of aliphatic hydroxyl groups is 1. The maximum Gasteiger partial charge on any atom is 0.326 e. The van der Waals surface area contributed by atoms with Crippen molar-refractivity contribution in [3.63, 3.8) is 0 Å². The van der Waals surface area contributed by atoms with E-state index in [1.54, 1.807) is 0 Å². The number of guanidine groups is 2. The summed E-state index contributed by atoms with van der Waals surface area (Å²) < 4.78 is 0. The number of carboxylic acid groups (broad SMARTS) is 1. The summed E-state index contributed by atoms with van der Waals surface area (Å²) in [5.41, 5.74) is 31.8. The Morgan fingerprint density at radius 3 is 1.58 bits per heavy atom. The van der Waals surface area contributed by atoms with Gasteiger partial charge in [-0.25, -0.2) is 4.79 Å². The van der Waals surface area contributed by atoms with E-state index in [4.69, 9.17) is 34.4 Å². The second kappa shape index (κ2) is 17.3. The van der Waals surface area contributed by atoms with E-state index in [1.165, 1.54) is 6.92 Å². The largest absolute Gasteiger partial charge is 0.480 e. The first kappa shape index (κ1) is 33.8. The van der Waals surface area contributed by atoms with Gasteiger partial charge in [0.2, 0.25) is 23.6 Å². The Balaban J connectivity index is 5.66. The van der Waals surface area contributed by atoms with E-state index in [2.05, 4.69) is 25.9 Å². The molecule has 0 bridgehead atoms. The Kier molecular flexibility index (Phi) is 15.4. The quantitative estimate of drug-likeness (QED) is 0.0435. The number of amides is 4. The van der Waals surface area contributed by atoms with Crippen LogP contribution in [0.15, 0.2) is 9.98 Å². The first-order valence-corrected chi connectivity index (χ1v) is 11.6. The number of hydrogen-bond donors (Lipinski definition) is 11. The van der Waals surface area contributed by atoms with Crippen molar-refractivity contribution in [2.75, 3.05) is 13.1 Å². The van der Waals surface area contributed by atoms with E-state index in [0.717, 1.165) is 0 Å². The van der Waals surface area contributed by atoms with E-state index < -0.39 is 66.3 Å². The van der Waals surface area contributed by atoms with E-state index in [-0.39, 0.29) is 50.7 Å². The van der Waals surface area contributed by atoms with Crippen LogP contribution in [0.3, 0.4) is 0 Å². The number of carbonyl (C=O) groups excluding carboxylic acids is 4. The molecule has 216 valence electrons. The van der Waals surface area contributed by atoms with Crippen molar-refractivity contribution in [3.8, 4) is 0 Å². The Morgan fingerprint density at radius 1 is 0.737 bits per heavy atom. The molecule has 0 rings (SSSR count). The summed E-state index contributed by atoms with van der Waals surface area (Å²) in [5.74, 6) is -5.42. The molecule has 4 amide bonds. The van der Waals surface area contributed by atoms with Crippen molar-refractivity contribution in [3.05, 3.63) is 0 Å². The van der Waals surface area contributed by atoms with Crippen LogP contribution in [0.1, 0.15) is 39.0 Å². The molecule has 0 spiro atoms. The second-order valence-electron chi connectivity index (χ2n) is 8.36. The van der Waals surface area contributed by atoms with E-state index >= 15 is 0 Å². The highest BCUT2D eigenvalue weighted by Crippen LogP contribution is 2.05. The molecule has 5 unspecified atom stereocenters. The lowest BCUT2D eigenvalue weighted by Gasteiger charge is -2.25. The molecule has 17 N–H and O–H groups in total. The molecule has 0 radical (unpaired) electrons. The van der Waals surface area contributed by atoms with Crippen LogP contribution in [0.5, 0.6) is 0 Å². The van der Waals surface area contributed by atoms with Gasteiger partial charge in [0.1, 0.15) is 24.2 Å². The zero-order valence-electron chi connectivity index (χ0n) is 21.1. The standard InChI is InChI=1S/C20H39N11O7/c1-9(32)14(22)17(36)31-12(8-13(21)33)16(35)29-10(4-2-6-27-19(23)24)15(34)30-11(18(37)38)5-3-7-28-20(25)26/h9-12,14,32H,2-8,22H2,1H3,(H2,21,33)(H,29,35)(H,30,34)(H,31,36)(H,37,38)(H4,23,24,27)(H4,25,26,28). The highest BCUT2D eigenvalue weighted by Gasteiger charge is 2.31. The number of primary amides is 1. The SMILES string of the molecule is CC(O)C(N)C(=O)NC(CC(N)=O)C(=O)NC(CCCN=C(N)N)C(=O)NC(CCCN=C(N)N)C(=O)O. The molecule has 0 saturated heterocycles. The molecule has 0 aromatic heterocycles. The predicted molar refractivity (Wildman–Crippen MR) is 137 cm³/mol. The van der Waals surface area contributed by atoms with Crippen molar-refractivity contribution in [2.45, 2.75) is 69.3 Å². The lowest BCUT2D eigenvalue weighted by Crippen LogP contribution is -2.58. The van der Waals surface area contributed by atoms with Crippen LogP contribution in [0.25, 0.3) is 0 Å². The molecule has 18 heteroatoms. The van der Waals surface area contributed by atoms with Crippen molar-refractivity contribution in [1.82, 2.24) is 16.0 Å². The van der Waals surface area contributed by atoms with Crippen LogP contribution in [0.4, 0.5) is 0 Å². The first-order valence-electron chi connectivity index (χ1n) is 11.6. The summed E-state index contributed by atoms with van der Waals surface area (Å²) in [6.07, 6.45) is -1.55. The zero-order valence-corrected chi connectivity index (χ0v) is 21.1. The van der Waals surface area contributed by atoms with Gasteiger partial charge >= 0.3 is 5.97 Å². The third-order valence-corrected chi connectivity index (χ3v) is 5.00. The third kappa shape index (κ3) is 14.4. The maximum atomic E-state index is 13.0. The number of hydrogen-bond acceptors (Lipinski definition) is 9. The molecule has 18 nitrogen and oxygen atoms in total. The van der Waals surface area contributed by atoms with Gasteiger partial charge < -0.3 is 60.6 Å². The van der Waals surface area contributed by atoms with Crippen molar-refractivity contribution < 1.29 is 34.2 Å². The number of carboxylic acids is 1. The number of aliphatic carboxylic acids is 1. The Morgan fingerprint density at radius 2 is 1.16 bits per heavy atom. The summed E-state index contributed by atoms with van der Waals surface area (Å²) in [4.78, 5) is 68.8. The predicted octanol–water partition coefficient (Wildman–Crippen LogP) is -5.78. The molecule has 0 heterocycles. The number of carbonyl (C=O) groups is 5. The van der Waals surface area contributed by atoms with Crippen LogP contribution < -0.4 is 50.4 Å². The van der Waals surface area contributed by atoms with Gasteiger partial charge in [-0.15, -0.1) is 0 Å². The smallest absolute Gasteiger partial charge is 0.326 e. The van der Waals surface area contributed by atoms with Crippen LogP contribution >= 0.6 is 0 Å². The average molecular weight is 546 g/mol. The molecule has 0 aliphatic rings. The van der Waals surface area contributed by atoms with Crippen molar-refractivity contribution in [1.29, 1.82) is 0 Å². The molecular weight excluding hydrogens is 506 g/mol. The van der Waals surface area contributed by atoms with Gasteiger partial charge in [0.15, 0.2) is 11.9 Å². The fourth-order valence-electron chi connectivity index (χ4n) is 2.98.